The van der Waals surface area contributed by atoms with Gasteiger partial charge in [0.2, 0.25) is 5.89 Å². The molecule has 0 aliphatic carbocycles. The number of hydrogen-bond acceptors (Lipinski definition) is 8. The molecule has 0 radical (unpaired) electrons. The summed E-state index contributed by atoms with van der Waals surface area (Å²) >= 11 is 1.71. The van der Waals surface area contributed by atoms with E-state index >= 15 is 0 Å². The first kappa shape index (κ1) is 17.9. The lowest BCUT2D eigenvalue weighted by atomic mass is 10.1. The highest BCUT2D eigenvalue weighted by atomic mass is 32.1. The molecule has 0 N–H and O–H groups in total. The minimum atomic E-state index is 0.353. The van der Waals surface area contributed by atoms with Crippen molar-refractivity contribution >= 4 is 11.3 Å². The van der Waals surface area contributed by atoms with E-state index < -0.39 is 0 Å². The summed E-state index contributed by atoms with van der Waals surface area (Å²) in [5, 5.41) is 7.33. The zero-order chi connectivity index (χ0) is 18.6. The van der Waals surface area contributed by atoms with Crippen LogP contribution in [-0.2, 0) is 13.0 Å². The van der Waals surface area contributed by atoms with Gasteiger partial charge in [-0.2, -0.15) is 4.98 Å². The lowest BCUT2D eigenvalue weighted by Crippen LogP contribution is -2.22. The summed E-state index contributed by atoms with van der Waals surface area (Å²) in [7, 11) is 3.25. The molecule has 0 bridgehead atoms. The summed E-state index contributed by atoms with van der Waals surface area (Å²) in [6, 6.07) is 6.16. The Morgan fingerprint density at radius 1 is 1.26 bits per heavy atom. The van der Waals surface area contributed by atoms with E-state index in [-0.39, 0.29) is 0 Å². The van der Waals surface area contributed by atoms with Gasteiger partial charge in [0.1, 0.15) is 5.01 Å². The summed E-state index contributed by atoms with van der Waals surface area (Å²) in [5.74, 6) is 2.72. The van der Waals surface area contributed by atoms with Gasteiger partial charge in [-0.05, 0) is 37.1 Å². The van der Waals surface area contributed by atoms with Crippen molar-refractivity contribution in [1.82, 2.24) is 20.0 Å². The van der Waals surface area contributed by atoms with Gasteiger partial charge < -0.3 is 14.0 Å². The van der Waals surface area contributed by atoms with Gasteiger partial charge in [-0.1, -0.05) is 11.2 Å². The van der Waals surface area contributed by atoms with Crippen molar-refractivity contribution in [3.63, 3.8) is 0 Å². The lowest BCUT2D eigenvalue weighted by Gasteiger charge is -2.20. The molecule has 1 atom stereocenters. The van der Waals surface area contributed by atoms with Crippen LogP contribution in [0.1, 0.15) is 41.2 Å². The Bertz CT molecular complexity index is 881. The molecule has 8 heteroatoms. The van der Waals surface area contributed by atoms with Crippen LogP contribution in [-0.4, -0.2) is 40.8 Å². The van der Waals surface area contributed by atoms with Crippen molar-refractivity contribution in [3.8, 4) is 11.5 Å². The van der Waals surface area contributed by atoms with Crippen LogP contribution in [0.15, 0.2) is 34.3 Å². The lowest BCUT2D eigenvalue weighted by molar-refractivity contribution is 0.212. The first-order valence-corrected chi connectivity index (χ1v) is 9.80. The molecule has 27 heavy (non-hydrogen) atoms. The third kappa shape index (κ3) is 3.96. The predicted octanol–water partition coefficient (Wildman–Crippen LogP) is 3.47. The zero-order valence-electron chi connectivity index (χ0n) is 15.4. The number of hydrogen-bond donors (Lipinski definition) is 0. The highest BCUT2D eigenvalue weighted by Gasteiger charge is 2.29. The van der Waals surface area contributed by atoms with Crippen molar-refractivity contribution < 1.29 is 14.0 Å². The predicted molar refractivity (Wildman–Crippen MR) is 101 cm³/mol. The molecule has 3 heterocycles. The van der Waals surface area contributed by atoms with Gasteiger partial charge in [-0.15, -0.1) is 11.3 Å². The topological polar surface area (TPSA) is 73.5 Å². The Balaban J connectivity index is 1.43. The summed E-state index contributed by atoms with van der Waals surface area (Å²) in [4.78, 5) is 11.4. The third-order valence-corrected chi connectivity index (χ3v) is 5.64. The minimum Gasteiger partial charge on any atom is -0.493 e. The number of methoxy groups -OCH3 is 2. The van der Waals surface area contributed by atoms with E-state index in [1.165, 1.54) is 0 Å². The molecule has 1 aliphatic rings. The second-order valence-corrected chi connectivity index (χ2v) is 7.40. The second kappa shape index (κ2) is 8.06. The molecule has 2 aromatic heterocycles. The molecule has 1 fully saturated rings. The largest absolute Gasteiger partial charge is 0.493 e. The number of aromatic nitrogens is 3. The average Bonchev–Trinajstić information content (AvgIpc) is 3.44. The molecule has 0 unspecified atom stereocenters. The number of ether oxygens (including phenoxy) is 2. The van der Waals surface area contributed by atoms with Crippen molar-refractivity contribution in [2.45, 2.75) is 31.8 Å². The minimum absolute atomic E-state index is 0.353. The van der Waals surface area contributed by atoms with E-state index in [0.29, 0.717) is 42.2 Å². The number of rotatable bonds is 7. The van der Waals surface area contributed by atoms with Crippen LogP contribution in [0.25, 0.3) is 0 Å². The molecule has 0 saturated carbocycles. The summed E-state index contributed by atoms with van der Waals surface area (Å²) in [6.45, 7) is 1.68. The van der Waals surface area contributed by atoms with Gasteiger partial charge in [0.15, 0.2) is 17.3 Å². The maximum absolute atomic E-state index is 5.49. The number of benzene rings is 1. The number of thiazole rings is 1. The van der Waals surface area contributed by atoms with Gasteiger partial charge >= 0.3 is 0 Å². The standard InChI is InChI=1S/C19H22N4O3S/c1-24-15-6-5-13(10-16(15)25-2)11-17-21-18(26-22-17)12-23-8-3-4-14(23)19-20-7-9-27-19/h5-7,9-10,14H,3-4,8,11-12H2,1-2H3/t14-/m1/s1. The van der Waals surface area contributed by atoms with Crippen LogP contribution in [0.4, 0.5) is 0 Å². The highest BCUT2D eigenvalue weighted by molar-refractivity contribution is 7.09. The SMILES string of the molecule is COc1ccc(Cc2noc(CN3CCC[C@@H]3c3nccs3)n2)cc1OC. The van der Waals surface area contributed by atoms with Gasteiger partial charge in [0, 0.05) is 18.0 Å². The van der Waals surface area contributed by atoms with Crippen molar-refractivity contribution in [3.05, 3.63) is 52.1 Å². The van der Waals surface area contributed by atoms with Crippen molar-refractivity contribution in [2.75, 3.05) is 20.8 Å². The molecule has 0 spiro atoms. The highest BCUT2D eigenvalue weighted by Crippen LogP contribution is 2.34. The van der Waals surface area contributed by atoms with Crippen LogP contribution in [0.5, 0.6) is 11.5 Å². The Hall–Kier alpha value is -2.45. The fraction of sp³-hybridized carbons (Fsp3) is 0.421. The maximum Gasteiger partial charge on any atom is 0.240 e. The van der Waals surface area contributed by atoms with Crippen LogP contribution in [0.2, 0.25) is 0 Å². The summed E-state index contributed by atoms with van der Waals surface area (Å²) in [5.41, 5.74) is 1.04. The van der Waals surface area contributed by atoms with E-state index in [4.69, 9.17) is 14.0 Å². The molecule has 7 nitrogen and oxygen atoms in total. The molecule has 1 aromatic carbocycles. The molecular weight excluding hydrogens is 364 g/mol. The fourth-order valence-corrected chi connectivity index (χ4v) is 4.27. The molecule has 142 valence electrons. The Labute approximate surface area is 161 Å². The second-order valence-electron chi connectivity index (χ2n) is 6.47. The summed E-state index contributed by atoms with van der Waals surface area (Å²) < 4.78 is 16.1. The van der Waals surface area contributed by atoms with Crippen molar-refractivity contribution in [1.29, 1.82) is 0 Å². The normalized spacial score (nSPS) is 17.3. The van der Waals surface area contributed by atoms with Gasteiger partial charge in [0.25, 0.3) is 0 Å². The molecule has 4 rings (SSSR count). The summed E-state index contributed by atoms with van der Waals surface area (Å²) in [6.07, 6.45) is 4.74. The molecule has 3 aromatic rings. The van der Waals surface area contributed by atoms with Crippen molar-refractivity contribution in [2.24, 2.45) is 0 Å². The molecule has 1 saturated heterocycles. The van der Waals surface area contributed by atoms with Crippen LogP contribution in [0.3, 0.4) is 0 Å². The van der Waals surface area contributed by atoms with Crippen LogP contribution < -0.4 is 9.47 Å². The third-order valence-electron chi connectivity index (χ3n) is 4.76. The Morgan fingerprint density at radius 3 is 2.93 bits per heavy atom. The average molecular weight is 386 g/mol. The maximum atomic E-state index is 5.49. The first-order chi connectivity index (χ1) is 13.3. The van der Waals surface area contributed by atoms with E-state index in [1.807, 2.05) is 29.8 Å². The molecule has 1 aliphatic heterocycles. The Morgan fingerprint density at radius 2 is 2.15 bits per heavy atom. The van der Waals surface area contributed by atoms with Gasteiger partial charge in [-0.3, -0.25) is 4.90 Å². The number of nitrogens with zero attached hydrogens (tertiary/aromatic N) is 4. The number of likely N-dealkylation sites (tertiary alicyclic amines) is 1. The van der Waals surface area contributed by atoms with Gasteiger partial charge in [-0.25, -0.2) is 4.98 Å². The molecular formula is C19H22N4O3S. The molecule has 0 amide bonds. The fourth-order valence-electron chi connectivity index (χ4n) is 3.47. The zero-order valence-corrected chi connectivity index (χ0v) is 16.2. The van der Waals surface area contributed by atoms with E-state index in [1.54, 1.807) is 25.6 Å². The quantitative estimate of drug-likeness (QED) is 0.615. The van der Waals surface area contributed by atoms with Gasteiger partial charge in [0.05, 0.1) is 26.8 Å². The monoisotopic (exact) mass is 386 g/mol. The van der Waals surface area contributed by atoms with Crippen LogP contribution >= 0.6 is 11.3 Å². The van der Waals surface area contributed by atoms with E-state index in [0.717, 1.165) is 30.0 Å². The smallest absolute Gasteiger partial charge is 0.240 e. The van der Waals surface area contributed by atoms with Crippen LogP contribution in [0, 0.1) is 0 Å². The Kier molecular flexibility index (Phi) is 5.35. The van der Waals surface area contributed by atoms with E-state index in [2.05, 4.69) is 20.0 Å². The van der Waals surface area contributed by atoms with E-state index in [9.17, 15) is 0 Å². The first-order valence-electron chi connectivity index (χ1n) is 8.92.